The number of likely N-dealkylation sites (tertiary alicyclic amines) is 1. The van der Waals surface area contributed by atoms with Crippen molar-refractivity contribution in [1.29, 1.82) is 0 Å². The number of amides is 3. The number of nitrogens with zero attached hydrogens (tertiary/aromatic N) is 6. The van der Waals surface area contributed by atoms with E-state index in [1.807, 2.05) is 39.1 Å². The van der Waals surface area contributed by atoms with Gasteiger partial charge in [-0.3, -0.25) is 19.7 Å². The van der Waals surface area contributed by atoms with E-state index in [2.05, 4.69) is 59.3 Å². The van der Waals surface area contributed by atoms with Gasteiger partial charge in [-0.25, -0.2) is 13.9 Å². The molecule has 2 fully saturated rings. The highest BCUT2D eigenvalue weighted by Crippen LogP contribution is 2.30. The standard InChI is InChI=1S/C38H42FN9O4/c1-38(2,3)37-45-34(46-52-37)36(51)40-20-27-5-4-26(19-29(27)39)33-31-18-23(21-48(31)42-22-41-33)12-15-47-16-13-25(14-17-47)24-6-8-28(9-7-24)43-30-10-11-32(49)44-35(30)50/h4-9,18-19,21-22,25,30,43H,10-17,20H2,1-3H3,(H,40,51)(H,44,49,50). The average molecular weight is 708 g/mol. The summed E-state index contributed by atoms with van der Waals surface area (Å²) in [5.74, 6) is -0.761. The summed E-state index contributed by atoms with van der Waals surface area (Å²) in [7, 11) is 0. The number of fused-ring (bicyclic) bond motifs is 1. The molecule has 5 aromatic rings. The summed E-state index contributed by atoms with van der Waals surface area (Å²) in [5.41, 5.74) is 5.25. The van der Waals surface area contributed by atoms with Gasteiger partial charge < -0.3 is 20.1 Å². The highest BCUT2D eigenvalue weighted by atomic mass is 19.1. The van der Waals surface area contributed by atoms with Crippen LogP contribution in [0, 0.1) is 5.82 Å². The lowest BCUT2D eigenvalue weighted by atomic mass is 9.89. The van der Waals surface area contributed by atoms with Crippen LogP contribution >= 0.6 is 0 Å². The van der Waals surface area contributed by atoms with Crippen molar-refractivity contribution >= 4 is 28.9 Å². The summed E-state index contributed by atoms with van der Waals surface area (Å²) < 4.78 is 22.2. The Balaban J connectivity index is 0.915. The van der Waals surface area contributed by atoms with E-state index in [0.29, 0.717) is 41.5 Å². The second-order valence-corrected chi connectivity index (χ2v) is 14.6. The maximum absolute atomic E-state index is 15.3. The van der Waals surface area contributed by atoms with Gasteiger partial charge >= 0.3 is 0 Å². The molecule has 3 aromatic heterocycles. The van der Waals surface area contributed by atoms with Gasteiger partial charge in [0.25, 0.3) is 11.7 Å². The highest BCUT2D eigenvalue weighted by Gasteiger charge is 2.27. The molecule has 5 heterocycles. The molecular formula is C38H42FN9O4. The first-order chi connectivity index (χ1) is 25.0. The minimum absolute atomic E-state index is 0.0354. The molecule has 13 nitrogen and oxygen atoms in total. The number of benzene rings is 2. The van der Waals surface area contributed by atoms with Crippen LogP contribution in [0.25, 0.3) is 16.8 Å². The number of hydrogen-bond acceptors (Lipinski definition) is 10. The van der Waals surface area contributed by atoms with Gasteiger partial charge in [-0.05, 0) is 80.1 Å². The first-order valence-corrected chi connectivity index (χ1v) is 17.7. The fraction of sp³-hybridized carbons (Fsp3) is 0.395. The van der Waals surface area contributed by atoms with Crippen LogP contribution in [0.3, 0.4) is 0 Å². The number of halogens is 1. The van der Waals surface area contributed by atoms with Crippen molar-refractivity contribution in [2.24, 2.45) is 0 Å². The van der Waals surface area contributed by atoms with Gasteiger partial charge in [0.2, 0.25) is 17.7 Å². The van der Waals surface area contributed by atoms with Crippen molar-refractivity contribution in [2.75, 3.05) is 25.0 Å². The monoisotopic (exact) mass is 707 g/mol. The Morgan fingerprint density at radius 2 is 1.85 bits per heavy atom. The quantitative estimate of drug-likeness (QED) is 0.172. The topological polar surface area (TPSA) is 160 Å². The van der Waals surface area contributed by atoms with Gasteiger partial charge in [0.05, 0.1) is 11.2 Å². The Kier molecular flexibility index (Phi) is 9.82. The van der Waals surface area contributed by atoms with Crippen LogP contribution in [-0.4, -0.2) is 73.0 Å². The largest absolute Gasteiger partial charge is 0.374 e. The van der Waals surface area contributed by atoms with E-state index < -0.39 is 23.2 Å². The number of carbonyl (C=O) groups excluding carboxylic acids is 3. The van der Waals surface area contributed by atoms with Gasteiger partial charge in [0.1, 0.15) is 18.2 Å². The molecule has 7 rings (SSSR count). The van der Waals surface area contributed by atoms with Gasteiger partial charge in [0, 0.05) is 47.9 Å². The number of anilines is 1. The van der Waals surface area contributed by atoms with Crippen molar-refractivity contribution in [1.82, 2.24) is 40.3 Å². The van der Waals surface area contributed by atoms with Gasteiger partial charge in [-0.2, -0.15) is 10.1 Å². The fourth-order valence-corrected chi connectivity index (χ4v) is 6.72. The summed E-state index contributed by atoms with van der Waals surface area (Å²) in [6.45, 7) is 8.59. The molecule has 1 atom stereocenters. The molecule has 2 aliphatic heterocycles. The average Bonchev–Trinajstić information content (AvgIpc) is 3.80. The Morgan fingerprint density at radius 3 is 2.56 bits per heavy atom. The molecule has 3 N–H and O–H groups in total. The van der Waals surface area contributed by atoms with E-state index >= 15 is 4.39 Å². The van der Waals surface area contributed by atoms with Gasteiger partial charge in [-0.15, -0.1) is 0 Å². The van der Waals surface area contributed by atoms with Crippen molar-refractivity contribution in [3.63, 3.8) is 0 Å². The second kappa shape index (κ2) is 14.6. The lowest BCUT2D eigenvalue weighted by Gasteiger charge is -2.32. The molecule has 1 unspecified atom stereocenters. The number of imide groups is 1. The molecular weight excluding hydrogens is 665 g/mol. The van der Waals surface area contributed by atoms with Crippen LogP contribution < -0.4 is 16.0 Å². The Labute approximate surface area is 300 Å². The maximum atomic E-state index is 15.3. The smallest absolute Gasteiger partial charge is 0.292 e. The lowest BCUT2D eigenvalue weighted by molar-refractivity contribution is -0.133. The molecule has 0 aliphatic carbocycles. The van der Waals surface area contributed by atoms with Crippen LogP contribution in [-0.2, 0) is 28.0 Å². The molecule has 0 bridgehead atoms. The Bertz CT molecular complexity index is 2100. The second-order valence-electron chi connectivity index (χ2n) is 14.6. The van der Waals surface area contributed by atoms with Crippen molar-refractivity contribution < 1.29 is 23.3 Å². The summed E-state index contributed by atoms with van der Waals surface area (Å²) in [4.78, 5) is 47.2. The molecule has 2 aliphatic rings. The number of rotatable bonds is 10. The molecule has 0 spiro atoms. The number of hydrogen-bond donors (Lipinski definition) is 3. The van der Waals surface area contributed by atoms with E-state index in [1.165, 1.54) is 18.0 Å². The van der Waals surface area contributed by atoms with E-state index in [4.69, 9.17) is 4.52 Å². The molecule has 3 amide bonds. The first-order valence-electron chi connectivity index (χ1n) is 17.7. The van der Waals surface area contributed by atoms with Crippen LogP contribution in [0.5, 0.6) is 0 Å². The Morgan fingerprint density at radius 1 is 1.06 bits per heavy atom. The summed E-state index contributed by atoms with van der Waals surface area (Å²) >= 11 is 0. The summed E-state index contributed by atoms with van der Waals surface area (Å²) in [6, 6.07) is 14.8. The summed E-state index contributed by atoms with van der Waals surface area (Å²) in [6.07, 6.45) is 7.29. The van der Waals surface area contributed by atoms with E-state index in [0.717, 1.165) is 55.7 Å². The van der Waals surface area contributed by atoms with Gasteiger partial charge in [0.15, 0.2) is 0 Å². The van der Waals surface area contributed by atoms with E-state index in [-0.39, 0.29) is 24.2 Å². The fourth-order valence-electron chi connectivity index (χ4n) is 6.72. The van der Waals surface area contributed by atoms with E-state index in [9.17, 15) is 14.4 Å². The van der Waals surface area contributed by atoms with E-state index in [1.54, 1.807) is 16.6 Å². The molecule has 270 valence electrons. The van der Waals surface area contributed by atoms with Crippen LogP contribution in [0.15, 0.2) is 65.6 Å². The minimum atomic E-state index is -0.543. The highest BCUT2D eigenvalue weighted by molar-refractivity contribution is 6.01. The zero-order chi connectivity index (χ0) is 36.4. The SMILES string of the molecule is CC(C)(C)c1nc(C(=O)NCc2ccc(-c3ncnn4cc(CCN5CCC(c6ccc(NC7CCC(=O)NC7=O)cc6)CC5)cc34)cc2F)no1. The molecule has 2 aromatic carbocycles. The van der Waals surface area contributed by atoms with Crippen LogP contribution in [0.4, 0.5) is 10.1 Å². The molecule has 14 heteroatoms. The lowest BCUT2D eigenvalue weighted by Crippen LogP contribution is -2.47. The zero-order valence-electron chi connectivity index (χ0n) is 29.5. The maximum Gasteiger partial charge on any atom is 0.292 e. The molecule has 0 radical (unpaired) electrons. The normalized spacial score (nSPS) is 17.3. The third-order valence-electron chi connectivity index (χ3n) is 9.77. The van der Waals surface area contributed by atoms with Crippen LogP contribution in [0.1, 0.15) is 85.6 Å². The van der Waals surface area contributed by atoms with Crippen molar-refractivity contribution in [2.45, 2.75) is 76.8 Å². The number of piperidine rings is 2. The third kappa shape index (κ3) is 7.86. The molecule has 0 saturated carbocycles. The van der Waals surface area contributed by atoms with Crippen molar-refractivity contribution in [3.05, 3.63) is 95.3 Å². The number of carbonyl (C=O) groups is 3. The molecule has 2 saturated heterocycles. The Hall–Kier alpha value is -5.50. The summed E-state index contributed by atoms with van der Waals surface area (Å²) in [5, 5.41) is 16.4. The number of nitrogens with one attached hydrogen (secondary N) is 3. The number of aromatic nitrogens is 5. The predicted octanol–water partition coefficient (Wildman–Crippen LogP) is 4.79. The minimum Gasteiger partial charge on any atom is -0.374 e. The first kappa shape index (κ1) is 34.9. The van der Waals surface area contributed by atoms with Crippen LogP contribution in [0.2, 0.25) is 0 Å². The zero-order valence-corrected chi connectivity index (χ0v) is 29.5. The molecule has 52 heavy (non-hydrogen) atoms. The predicted molar refractivity (Wildman–Crippen MR) is 191 cm³/mol. The third-order valence-corrected chi connectivity index (χ3v) is 9.77. The van der Waals surface area contributed by atoms with Gasteiger partial charge in [-0.1, -0.05) is 50.2 Å². The van der Waals surface area contributed by atoms with Crippen molar-refractivity contribution in [3.8, 4) is 11.3 Å².